The summed E-state index contributed by atoms with van der Waals surface area (Å²) in [6.45, 7) is 3.28. The lowest BCUT2D eigenvalue weighted by Gasteiger charge is -2.18. The number of aliphatic hydroxyl groups excluding tert-OH is 2. The van der Waals surface area contributed by atoms with E-state index in [0.717, 1.165) is 16.6 Å². The molecule has 1 aromatic heterocycles. The SMILES string of the molecule is CC(=O)NCC(O)C(O)c1ccc2c(C)[nH]nc2c1. The first-order valence-electron chi connectivity index (χ1n) is 6.04. The van der Waals surface area contributed by atoms with E-state index >= 15 is 0 Å². The summed E-state index contributed by atoms with van der Waals surface area (Å²) in [6, 6.07) is 5.31. The summed E-state index contributed by atoms with van der Waals surface area (Å²) < 4.78 is 0. The van der Waals surface area contributed by atoms with Crippen LogP contribution in [0.1, 0.15) is 24.3 Å². The maximum atomic E-state index is 10.8. The number of aryl methyl sites for hydroxylation is 1. The zero-order valence-corrected chi connectivity index (χ0v) is 10.8. The molecule has 1 heterocycles. The Morgan fingerprint density at radius 3 is 2.89 bits per heavy atom. The number of aromatic amines is 1. The fourth-order valence-corrected chi connectivity index (χ4v) is 1.93. The van der Waals surface area contributed by atoms with Crippen molar-refractivity contribution in [3.8, 4) is 0 Å². The van der Waals surface area contributed by atoms with Crippen molar-refractivity contribution in [2.24, 2.45) is 0 Å². The standard InChI is InChI=1S/C13H17N3O3/c1-7-10-4-3-9(5-11(10)16-15-7)13(19)12(18)6-14-8(2)17/h3-5,12-13,18-19H,6H2,1-2H3,(H,14,17)(H,15,16). The van der Waals surface area contributed by atoms with Gasteiger partial charge in [0.2, 0.25) is 5.91 Å². The average Bonchev–Trinajstić information content (AvgIpc) is 2.76. The van der Waals surface area contributed by atoms with Crippen molar-refractivity contribution >= 4 is 16.8 Å². The van der Waals surface area contributed by atoms with Gasteiger partial charge < -0.3 is 15.5 Å². The fraction of sp³-hybridized carbons (Fsp3) is 0.385. The molecule has 2 unspecified atom stereocenters. The number of fused-ring (bicyclic) bond motifs is 1. The summed E-state index contributed by atoms with van der Waals surface area (Å²) in [5.41, 5.74) is 2.26. The highest BCUT2D eigenvalue weighted by Crippen LogP contribution is 2.22. The largest absolute Gasteiger partial charge is 0.388 e. The third-order valence-electron chi connectivity index (χ3n) is 3.04. The van der Waals surface area contributed by atoms with Crippen molar-refractivity contribution in [3.05, 3.63) is 29.5 Å². The van der Waals surface area contributed by atoms with Gasteiger partial charge in [0.25, 0.3) is 0 Å². The van der Waals surface area contributed by atoms with Crippen molar-refractivity contribution in [3.63, 3.8) is 0 Å². The minimum atomic E-state index is -1.06. The molecule has 2 aromatic rings. The highest BCUT2D eigenvalue weighted by Gasteiger charge is 2.19. The average molecular weight is 263 g/mol. The van der Waals surface area contributed by atoms with Gasteiger partial charge in [0, 0.05) is 24.5 Å². The Labute approximate surface area is 110 Å². The quantitative estimate of drug-likeness (QED) is 0.642. The number of carbonyl (C=O) groups is 1. The number of carbonyl (C=O) groups excluding carboxylic acids is 1. The number of aromatic nitrogens is 2. The van der Waals surface area contributed by atoms with Gasteiger partial charge in [-0.05, 0) is 18.6 Å². The van der Waals surface area contributed by atoms with Crippen LogP contribution in [0, 0.1) is 6.92 Å². The van der Waals surface area contributed by atoms with E-state index in [2.05, 4.69) is 15.5 Å². The first kappa shape index (κ1) is 13.5. The highest BCUT2D eigenvalue weighted by atomic mass is 16.3. The second-order valence-electron chi connectivity index (χ2n) is 4.57. The monoisotopic (exact) mass is 263 g/mol. The zero-order valence-electron chi connectivity index (χ0n) is 10.8. The van der Waals surface area contributed by atoms with Gasteiger partial charge in [0.1, 0.15) is 12.2 Å². The lowest BCUT2D eigenvalue weighted by Crippen LogP contribution is -2.34. The minimum absolute atomic E-state index is 0.00807. The molecule has 0 aliphatic carbocycles. The van der Waals surface area contributed by atoms with E-state index in [-0.39, 0.29) is 12.5 Å². The Hall–Kier alpha value is -1.92. The third-order valence-corrected chi connectivity index (χ3v) is 3.04. The molecule has 0 aliphatic rings. The smallest absolute Gasteiger partial charge is 0.216 e. The van der Waals surface area contributed by atoms with Crippen LogP contribution in [0.15, 0.2) is 18.2 Å². The molecular weight excluding hydrogens is 246 g/mol. The summed E-state index contributed by atoms with van der Waals surface area (Å²) in [6.07, 6.45) is -2.12. The summed E-state index contributed by atoms with van der Waals surface area (Å²) in [5, 5.41) is 30.2. The Kier molecular flexibility index (Phi) is 3.82. The van der Waals surface area contributed by atoms with Gasteiger partial charge in [0.15, 0.2) is 0 Å². The molecule has 0 fully saturated rings. The highest BCUT2D eigenvalue weighted by molar-refractivity contribution is 5.81. The Bertz CT molecular complexity index is 594. The third kappa shape index (κ3) is 2.91. The van der Waals surface area contributed by atoms with Gasteiger partial charge >= 0.3 is 0 Å². The molecule has 0 saturated carbocycles. The molecule has 0 radical (unpaired) electrons. The predicted molar refractivity (Wildman–Crippen MR) is 70.5 cm³/mol. The van der Waals surface area contributed by atoms with Crippen molar-refractivity contribution in [1.82, 2.24) is 15.5 Å². The van der Waals surface area contributed by atoms with E-state index in [9.17, 15) is 15.0 Å². The van der Waals surface area contributed by atoms with Crippen LogP contribution >= 0.6 is 0 Å². The molecule has 1 aromatic carbocycles. The molecule has 2 atom stereocenters. The molecule has 1 amide bonds. The lowest BCUT2D eigenvalue weighted by atomic mass is 10.0. The van der Waals surface area contributed by atoms with Gasteiger partial charge in [-0.2, -0.15) is 5.10 Å². The minimum Gasteiger partial charge on any atom is -0.388 e. The molecule has 0 spiro atoms. The van der Waals surface area contributed by atoms with Crippen LogP contribution in [0.2, 0.25) is 0 Å². The molecule has 19 heavy (non-hydrogen) atoms. The van der Waals surface area contributed by atoms with E-state index in [1.54, 1.807) is 12.1 Å². The Morgan fingerprint density at radius 2 is 2.21 bits per heavy atom. The summed E-state index contributed by atoms with van der Waals surface area (Å²) >= 11 is 0. The molecule has 6 heteroatoms. The van der Waals surface area contributed by atoms with E-state index in [0.29, 0.717) is 5.56 Å². The van der Waals surface area contributed by atoms with Crippen molar-refractivity contribution in [1.29, 1.82) is 0 Å². The fourth-order valence-electron chi connectivity index (χ4n) is 1.93. The van der Waals surface area contributed by atoms with E-state index in [4.69, 9.17) is 0 Å². The number of hydrogen-bond donors (Lipinski definition) is 4. The number of rotatable bonds is 4. The molecule has 0 aliphatic heterocycles. The number of amides is 1. The van der Waals surface area contributed by atoms with Crippen LogP contribution in [0.5, 0.6) is 0 Å². The van der Waals surface area contributed by atoms with Crippen LogP contribution in [0.3, 0.4) is 0 Å². The van der Waals surface area contributed by atoms with E-state index < -0.39 is 12.2 Å². The molecule has 0 bridgehead atoms. The van der Waals surface area contributed by atoms with Gasteiger partial charge in [-0.25, -0.2) is 0 Å². The number of nitrogens with one attached hydrogen (secondary N) is 2. The maximum absolute atomic E-state index is 10.8. The van der Waals surface area contributed by atoms with E-state index in [1.165, 1.54) is 6.92 Å². The molecule has 2 rings (SSSR count). The van der Waals surface area contributed by atoms with Crippen LogP contribution in [-0.4, -0.2) is 39.0 Å². The molecular formula is C13H17N3O3. The normalized spacial score (nSPS) is 14.3. The second kappa shape index (κ2) is 5.38. The molecule has 102 valence electrons. The van der Waals surface area contributed by atoms with Crippen molar-refractivity contribution in [2.75, 3.05) is 6.54 Å². The second-order valence-corrected chi connectivity index (χ2v) is 4.57. The number of aliphatic hydroxyl groups is 2. The zero-order chi connectivity index (χ0) is 14.0. The summed E-state index contributed by atoms with van der Waals surface area (Å²) in [7, 11) is 0. The van der Waals surface area contributed by atoms with E-state index in [1.807, 2.05) is 13.0 Å². The van der Waals surface area contributed by atoms with Crippen LogP contribution in [0.25, 0.3) is 10.9 Å². The summed E-state index contributed by atoms with van der Waals surface area (Å²) in [4.78, 5) is 10.8. The van der Waals surface area contributed by atoms with Crippen LogP contribution in [-0.2, 0) is 4.79 Å². The van der Waals surface area contributed by atoms with Gasteiger partial charge in [-0.3, -0.25) is 9.89 Å². The first-order valence-corrected chi connectivity index (χ1v) is 6.04. The van der Waals surface area contributed by atoms with Crippen molar-refractivity contribution < 1.29 is 15.0 Å². The van der Waals surface area contributed by atoms with Gasteiger partial charge in [-0.15, -0.1) is 0 Å². The molecule has 4 N–H and O–H groups in total. The molecule has 6 nitrogen and oxygen atoms in total. The number of benzene rings is 1. The van der Waals surface area contributed by atoms with Crippen molar-refractivity contribution in [2.45, 2.75) is 26.1 Å². The number of hydrogen-bond acceptors (Lipinski definition) is 4. The van der Waals surface area contributed by atoms with Gasteiger partial charge in [-0.1, -0.05) is 12.1 Å². The lowest BCUT2D eigenvalue weighted by molar-refractivity contribution is -0.119. The molecule has 0 saturated heterocycles. The number of H-pyrrole nitrogens is 1. The Morgan fingerprint density at radius 1 is 1.47 bits per heavy atom. The topological polar surface area (TPSA) is 98.2 Å². The predicted octanol–water partition coefficient (Wildman–Crippen LogP) is 0.402. The van der Waals surface area contributed by atoms with Crippen LogP contribution in [0.4, 0.5) is 0 Å². The maximum Gasteiger partial charge on any atom is 0.216 e. The first-order chi connectivity index (χ1) is 8.99. The Balaban J connectivity index is 2.16. The summed E-state index contributed by atoms with van der Waals surface area (Å²) in [5.74, 6) is -0.246. The number of nitrogens with zero attached hydrogens (tertiary/aromatic N) is 1. The van der Waals surface area contributed by atoms with Gasteiger partial charge in [0.05, 0.1) is 5.52 Å². The van der Waals surface area contributed by atoms with Crippen LogP contribution < -0.4 is 5.32 Å².